The second-order valence-electron chi connectivity index (χ2n) is 6.18. The summed E-state index contributed by atoms with van der Waals surface area (Å²) in [7, 11) is 0. The van der Waals surface area contributed by atoms with Crippen molar-refractivity contribution in [1.82, 2.24) is 0 Å². The van der Waals surface area contributed by atoms with Crippen LogP contribution >= 0.6 is 0 Å². The van der Waals surface area contributed by atoms with Gasteiger partial charge in [-0.2, -0.15) is 0 Å². The Morgan fingerprint density at radius 2 is 1.14 bits per heavy atom. The molecule has 116 valence electrons. The lowest BCUT2D eigenvalue weighted by molar-refractivity contribution is 0.103. The van der Waals surface area contributed by atoms with Crippen LogP contribution < -0.4 is 0 Å². The van der Waals surface area contributed by atoms with Gasteiger partial charge < -0.3 is 10.2 Å². The van der Waals surface area contributed by atoms with E-state index in [0.29, 0.717) is 11.1 Å². The van der Waals surface area contributed by atoms with Crippen molar-refractivity contribution in [2.45, 2.75) is 39.5 Å². The zero-order chi connectivity index (χ0) is 16.4. The van der Waals surface area contributed by atoms with E-state index < -0.39 is 0 Å². The standard InChI is InChI=1S/C19H22O3/c1-11(2)17-9-13(20)5-7-15(17)19(22)16-8-6-14(21)10-18(16)12(3)4/h5-12,20-21H,1-4H3. The zero-order valence-corrected chi connectivity index (χ0v) is 13.4. The molecule has 3 heteroatoms. The Bertz CT molecular complexity index is 640. The Labute approximate surface area is 131 Å². The molecular formula is C19H22O3. The highest BCUT2D eigenvalue weighted by molar-refractivity contribution is 6.11. The van der Waals surface area contributed by atoms with Gasteiger partial charge >= 0.3 is 0 Å². The van der Waals surface area contributed by atoms with Gasteiger partial charge in [0.2, 0.25) is 0 Å². The van der Waals surface area contributed by atoms with Crippen molar-refractivity contribution in [2.75, 3.05) is 0 Å². The maximum Gasteiger partial charge on any atom is 0.193 e. The lowest BCUT2D eigenvalue weighted by atomic mass is 9.87. The van der Waals surface area contributed by atoms with Crippen LogP contribution in [0.5, 0.6) is 11.5 Å². The minimum atomic E-state index is -0.0765. The molecule has 0 aliphatic carbocycles. The molecule has 0 fully saturated rings. The topological polar surface area (TPSA) is 57.5 Å². The first-order chi connectivity index (χ1) is 10.3. The Hall–Kier alpha value is -2.29. The Balaban J connectivity index is 2.58. The summed E-state index contributed by atoms with van der Waals surface area (Å²) in [5.41, 5.74) is 2.85. The summed E-state index contributed by atoms with van der Waals surface area (Å²) in [6.45, 7) is 7.97. The van der Waals surface area contributed by atoms with Gasteiger partial charge in [-0.25, -0.2) is 0 Å². The number of phenols is 2. The molecular weight excluding hydrogens is 276 g/mol. The Kier molecular flexibility index (Phi) is 4.55. The lowest BCUT2D eigenvalue weighted by Gasteiger charge is -2.16. The predicted molar refractivity (Wildman–Crippen MR) is 87.8 cm³/mol. The molecule has 0 aliphatic rings. The van der Waals surface area contributed by atoms with Gasteiger partial charge in [-0.3, -0.25) is 4.79 Å². The van der Waals surface area contributed by atoms with Crippen LogP contribution in [0, 0.1) is 0 Å². The fraction of sp³-hybridized carbons (Fsp3) is 0.316. The van der Waals surface area contributed by atoms with Gasteiger partial charge in [-0.05, 0) is 59.4 Å². The number of carbonyl (C=O) groups excluding carboxylic acids is 1. The summed E-state index contributed by atoms with van der Waals surface area (Å²) in [5, 5.41) is 19.3. The van der Waals surface area contributed by atoms with E-state index >= 15 is 0 Å². The van der Waals surface area contributed by atoms with Gasteiger partial charge in [0.25, 0.3) is 0 Å². The second kappa shape index (κ2) is 6.22. The lowest BCUT2D eigenvalue weighted by Crippen LogP contribution is -2.10. The summed E-state index contributed by atoms with van der Waals surface area (Å²) < 4.78 is 0. The predicted octanol–water partition coefficient (Wildman–Crippen LogP) is 4.58. The van der Waals surface area contributed by atoms with Crippen molar-refractivity contribution in [3.63, 3.8) is 0 Å². The van der Waals surface area contributed by atoms with Crippen molar-refractivity contribution in [3.05, 3.63) is 58.7 Å². The van der Waals surface area contributed by atoms with Crippen LogP contribution in [-0.4, -0.2) is 16.0 Å². The first-order valence-corrected chi connectivity index (χ1v) is 7.51. The molecule has 0 aliphatic heterocycles. The number of hydrogen-bond donors (Lipinski definition) is 2. The molecule has 0 saturated carbocycles. The van der Waals surface area contributed by atoms with Gasteiger partial charge in [0.1, 0.15) is 11.5 Å². The van der Waals surface area contributed by atoms with Crippen LogP contribution in [0.2, 0.25) is 0 Å². The molecule has 0 heterocycles. The smallest absolute Gasteiger partial charge is 0.193 e. The van der Waals surface area contributed by atoms with Crippen molar-refractivity contribution >= 4 is 5.78 Å². The molecule has 2 aromatic carbocycles. The van der Waals surface area contributed by atoms with E-state index in [1.54, 1.807) is 24.3 Å². The molecule has 22 heavy (non-hydrogen) atoms. The molecule has 3 nitrogen and oxygen atoms in total. The largest absolute Gasteiger partial charge is 0.508 e. The zero-order valence-electron chi connectivity index (χ0n) is 13.4. The molecule has 2 rings (SSSR count). The molecule has 0 bridgehead atoms. The first kappa shape index (κ1) is 16.1. The van der Waals surface area contributed by atoms with E-state index in [4.69, 9.17) is 0 Å². The van der Waals surface area contributed by atoms with Crippen LogP contribution in [0.1, 0.15) is 66.6 Å². The van der Waals surface area contributed by atoms with Crippen LogP contribution in [0.15, 0.2) is 36.4 Å². The molecule has 0 amide bonds. The van der Waals surface area contributed by atoms with E-state index in [0.717, 1.165) is 11.1 Å². The third-order valence-electron chi connectivity index (χ3n) is 3.80. The minimum Gasteiger partial charge on any atom is -0.508 e. The normalized spacial score (nSPS) is 11.2. The fourth-order valence-corrected chi connectivity index (χ4v) is 2.61. The number of hydrogen-bond acceptors (Lipinski definition) is 3. The van der Waals surface area contributed by atoms with E-state index in [9.17, 15) is 15.0 Å². The fourth-order valence-electron chi connectivity index (χ4n) is 2.61. The number of phenolic OH excluding ortho intramolecular Hbond substituents is 2. The average molecular weight is 298 g/mol. The van der Waals surface area contributed by atoms with Gasteiger partial charge in [0, 0.05) is 11.1 Å². The summed E-state index contributed by atoms with van der Waals surface area (Å²) in [4.78, 5) is 13.0. The molecule has 0 radical (unpaired) electrons. The van der Waals surface area contributed by atoms with Gasteiger partial charge in [-0.1, -0.05) is 27.7 Å². The van der Waals surface area contributed by atoms with E-state index in [2.05, 4.69) is 0 Å². The van der Waals surface area contributed by atoms with E-state index in [-0.39, 0.29) is 29.1 Å². The maximum atomic E-state index is 13.0. The van der Waals surface area contributed by atoms with Gasteiger partial charge in [0.15, 0.2) is 5.78 Å². The summed E-state index contributed by atoms with van der Waals surface area (Å²) in [6.07, 6.45) is 0. The maximum absolute atomic E-state index is 13.0. The molecule has 0 saturated heterocycles. The average Bonchev–Trinajstić information content (AvgIpc) is 2.46. The van der Waals surface area contributed by atoms with E-state index in [1.165, 1.54) is 12.1 Å². The van der Waals surface area contributed by atoms with Crippen LogP contribution in [0.3, 0.4) is 0 Å². The molecule has 2 aromatic rings. The van der Waals surface area contributed by atoms with Gasteiger partial charge in [-0.15, -0.1) is 0 Å². The van der Waals surface area contributed by atoms with Crippen LogP contribution in [0.4, 0.5) is 0 Å². The summed E-state index contributed by atoms with van der Waals surface area (Å²) >= 11 is 0. The highest BCUT2D eigenvalue weighted by atomic mass is 16.3. The quantitative estimate of drug-likeness (QED) is 0.813. The van der Waals surface area contributed by atoms with Crippen molar-refractivity contribution < 1.29 is 15.0 Å². The molecule has 0 atom stereocenters. The highest BCUT2D eigenvalue weighted by Crippen LogP contribution is 2.30. The monoisotopic (exact) mass is 298 g/mol. The van der Waals surface area contributed by atoms with Gasteiger partial charge in [0.05, 0.1) is 0 Å². The third kappa shape index (κ3) is 3.14. The second-order valence-corrected chi connectivity index (χ2v) is 6.18. The Morgan fingerprint density at radius 3 is 1.45 bits per heavy atom. The number of ketones is 1. The summed E-state index contributed by atoms with van der Waals surface area (Å²) in [5.74, 6) is 0.508. The first-order valence-electron chi connectivity index (χ1n) is 7.51. The van der Waals surface area contributed by atoms with E-state index in [1.807, 2.05) is 27.7 Å². The number of rotatable bonds is 4. The van der Waals surface area contributed by atoms with Crippen molar-refractivity contribution in [1.29, 1.82) is 0 Å². The van der Waals surface area contributed by atoms with Crippen LogP contribution in [-0.2, 0) is 0 Å². The minimum absolute atomic E-state index is 0.0765. The van der Waals surface area contributed by atoms with Crippen molar-refractivity contribution in [2.24, 2.45) is 0 Å². The number of aromatic hydroxyl groups is 2. The summed E-state index contributed by atoms with van der Waals surface area (Å²) in [6, 6.07) is 9.71. The van der Waals surface area contributed by atoms with Crippen molar-refractivity contribution in [3.8, 4) is 11.5 Å². The SMILES string of the molecule is CC(C)c1cc(O)ccc1C(=O)c1ccc(O)cc1C(C)C. The third-order valence-corrected chi connectivity index (χ3v) is 3.80. The van der Waals surface area contributed by atoms with Crippen LogP contribution in [0.25, 0.3) is 0 Å². The molecule has 0 unspecified atom stereocenters. The molecule has 2 N–H and O–H groups in total. The number of carbonyl (C=O) groups is 1. The molecule has 0 aromatic heterocycles. The molecule has 0 spiro atoms. The highest BCUT2D eigenvalue weighted by Gasteiger charge is 2.20. The Morgan fingerprint density at radius 1 is 0.773 bits per heavy atom. The number of benzene rings is 2.